The summed E-state index contributed by atoms with van der Waals surface area (Å²) in [5.41, 5.74) is 4.42. The highest BCUT2D eigenvalue weighted by molar-refractivity contribution is 6.30. The van der Waals surface area contributed by atoms with Crippen LogP contribution in [0.15, 0.2) is 54.7 Å². The first-order valence-corrected chi connectivity index (χ1v) is 12.7. The predicted molar refractivity (Wildman–Crippen MR) is 145 cm³/mol. The molecular weight excluding hydrogens is 460 g/mol. The highest BCUT2D eigenvalue weighted by Gasteiger charge is 2.27. The number of amides is 2. The summed E-state index contributed by atoms with van der Waals surface area (Å²) in [6, 6.07) is 16.3. The third-order valence-corrected chi connectivity index (χ3v) is 6.74. The number of rotatable bonds is 11. The smallest absolute Gasteiger partial charge is 0.242 e. The van der Waals surface area contributed by atoms with Crippen molar-refractivity contribution in [3.63, 3.8) is 0 Å². The molecule has 0 saturated carbocycles. The third kappa shape index (κ3) is 6.79. The number of alkyl halides is 1. The van der Waals surface area contributed by atoms with Gasteiger partial charge in [0.15, 0.2) is 0 Å². The average molecular weight is 497 g/mol. The Balaban J connectivity index is 1.82. The summed E-state index contributed by atoms with van der Waals surface area (Å²) >= 11 is 6.12. The molecule has 3 rings (SSSR count). The van der Waals surface area contributed by atoms with E-state index in [0.717, 1.165) is 23.2 Å². The van der Waals surface area contributed by atoms with Gasteiger partial charge in [0, 0.05) is 56.0 Å². The molecule has 0 fully saturated rings. The predicted octanol–water partition coefficient (Wildman–Crippen LogP) is 5.06. The zero-order valence-electron chi connectivity index (χ0n) is 21.4. The summed E-state index contributed by atoms with van der Waals surface area (Å²) in [5, 5.41) is 0.498. The average Bonchev–Trinajstić information content (AvgIpc) is 3.27. The molecule has 0 saturated heterocycles. The topological polar surface area (TPSA) is 59.7 Å². The first-order chi connectivity index (χ1) is 16.7. The van der Waals surface area contributed by atoms with Gasteiger partial charge in [-0.25, -0.2) is 0 Å². The van der Waals surface area contributed by atoms with Gasteiger partial charge in [0.1, 0.15) is 11.9 Å². The molecule has 3 aromatic rings. The molecule has 2 atom stereocenters. The van der Waals surface area contributed by atoms with Crippen molar-refractivity contribution in [3.05, 3.63) is 65.9 Å². The lowest BCUT2D eigenvalue weighted by Crippen LogP contribution is -2.48. The number of anilines is 1. The van der Waals surface area contributed by atoms with Crippen molar-refractivity contribution in [2.75, 3.05) is 32.1 Å². The Morgan fingerprint density at radius 3 is 2.34 bits per heavy atom. The number of nitrogens with one attached hydrogen (secondary N) is 1. The second-order valence-corrected chi connectivity index (χ2v) is 9.98. The van der Waals surface area contributed by atoms with Crippen LogP contribution in [0.1, 0.15) is 38.3 Å². The minimum absolute atomic E-state index is 0.0224. The molecule has 6 nitrogen and oxygen atoms in total. The van der Waals surface area contributed by atoms with E-state index in [2.05, 4.69) is 41.4 Å². The van der Waals surface area contributed by atoms with Crippen molar-refractivity contribution < 1.29 is 9.59 Å². The molecule has 2 amide bonds. The molecule has 0 radical (unpaired) electrons. The van der Waals surface area contributed by atoms with Crippen LogP contribution in [0.5, 0.6) is 0 Å². The van der Waals surface area contributed by atoms with Gasteiger partial charge in [0.05, 0.1) is 0 Å². The van der Waals surface area contributed by atoms with Crippen LogP contribution in [0.25, 0.3) is 10.9 Å². The molecule has 2 aromatic carbocycles. The summed E-state index contributed by atoms with van der Waals surface area (Å²) in [6.45, 7) is 6.68. The maximum absolute atomic E-state index is 13.6. The number of carbonyl (C=O) groups is 2. The molecule has 0 bridgehead atoms. The Labute approximate surface area is 213 Å². The number of benzene rings is 2. The molecule has 2 unspecified atom stereocenters. The van der Waals surface area contributed by atoms with Gasteiger partial charge in [0.2, 0.25) is 11.8 Å². The fourth-order valence-corrected chi connectivity index (χ4v) is 4.28. The Hall–Kier alpha value is -2.99. The molecule has 35 heavy (non-hydrogen) atoms. The Morgan fingerprint density at radius 2 is 1.71 bits per heavy atom. The maximum atomic E-state index is 13.6. The van der Waals surface area contributed by atoms with Gasteiger partial charge in [-0.1, -0.05) is 37.3 Å². The van der Waals surface area contributed by atoms with Crippen molar-refractivity contribution in [2.45, 2.75) is 51.6 Å². The molecule has 1 heterocycles. The van der Waals surface area contributed by atoms with Crippen molar-refractivity contribution in [1.29, 1.82) is 0 Å². The fourth-order valence-electron chi connectivity index (χ4n) is 4.15. The quantitative estimate of drug-likeness (QED) is 0.377. The van der Waals surface area contributed by atoms with Crippen LogP contribution < -0.4 is 4.90 Å². The summed E-state index contributed by atoms with van der Waals surface area (Å²) in [7, 11) is 4.01. The van der Waals surface area contributed by atoms with Gasteiger partial charge in [-0.2, -0.15) is 0 Å². The van der Waals surface area contributed by atoms with E-state index in [1.54, 1.807) is 11.8 Å². The summed E-state index contributed by atoms with van der Waals surface area (Å²) in [5.74, 6) is -0.284. The fraction of sp³-hybridized carbons (Fsp3) is 0.429. The van der Waals surface area contributed by atoms with Crippen molar-refractivity contribution in [1.82, 2.24) is 14.8 Å². The lowest BCUT2D eigenvalue weighted by atomic mass is 10.1. The molecule has 0 spiro atoms. The first kappa shape index (κ1) is 26.6. The number of carbonyl (C=O) groups excluding carboxylic acids is 2. The molecule has 1 N–H and O–H groups in total. The van der Waals surface area contributed by atoms with E-state index in [0.29, 0.717) is 19.5 Å². The highest BCUT2D eigenvalue weighted by atomic mass is 35.5. The highest BCUT2D eigenvalue weighted by Crippen LogP contribution is 2.20. The molecular formula is C28H37ClN4O2. The second-order valence-electron chi connectivity index (χ2n) is 9.33. The van der Waals surface area contributed by atoms with Crippen LogP contribution in [-0.4, -0.2) is 65.2 Å². The first-order valence-electron chi connectivity index (χ1n) is 12.2. The Morgan fingerprint density at radius 1 is 1.03 bits per heavy atom. The molecule has 188 valence electrons. The van der Waals surface area contributed by atoms with Crippen LogP contribution in [0.3, 0.4) is 0 Å². The standard InChI is InChI=1S/C28H37ClN4O2/c1-6-20(2)33(28(35)21(3)29)19-27(34)32(18-22-11-13-24(14-12-22)31(4)5)16-15-23-17-30-26-10-8-7-9-25(23)26/h7-14,17,20-21,30H,6,15-16,18-19H2,1-5H3. The van der Waals surface area contributed by atoms with E-state index < -0.39 is 5.38 Å². The summed E-state index contributed by atoms with van der Waals surface area (Å²) < 4.78 is 0. The summed E-state index contributed by atoms with van der Waals surface area (Å²) in [4.78, 5) is 35.2. The number of aromatic amines is 1. The van der Waals surface area contributed by atoms with Gasteiger partial charge < -0.3 is 19.7 Å². The van der Waals surface area contributed by atoms with Gasteiger partial charge in [0.25, 0.3) is 0 Å². The van der Waals surface area contributed by atoms with Gasteiger partial charge in [-0.3, -0.25) is 9.59 Å². The van der Waals surface area contributed by atoms with Crippen LogP contribution in [-0.2, 0) is 22.6 Å². The van der Waals surface area contributed by atoms with Crippen molar-refractivity contribution >= 4 is 40.0 Å². The molecule has 0 aliphatic carbocycles. The van der Waals surface area contributed by atoms with E-state index in [1.165, 1.54) is 10.9 Å². The molecule has 0 aliphatic heterocycles. The number of halogens is 1. The number of nitrogens with zero attached hydrogens (tertiary/aromatic N) is 3. The monoisotopic (exact) mass is 496 g/mol. The van der Waals surface area contributed by atoms with Gasteiger partial charge in [-0.15, -0.1) is 11.6 Å². The number of aromatic nitrogens is 1. The SMILES string of the molecule is CCC(C)N(CC(=O)N(CCc1c[nH]c2ccccc12)Cc1ccc(N(C)C)cc1)C(=O)C(C)Cl. The number of H-pyrrole nitrogens is 1. The lowest BCUT2D eigenvalue weighted by Gasteiger charge is -2.32. The molecule has 1 aromatic heterocycles. The minimum atomic E-state index is -0.671. The van der Waals surface area contributed by atoms with Crippen LogP contribution >= 0.6 is 11.6 Å². The molecule has 7 heteroatoms. The van der Waals surface area contributed by atoms with Crippen molar-refractivity contribution in [3.8, 4) is 0 Å². The maximum Gasteiger partial charge on any atom is 0.242 e. The minimum Gasteiger partial charge on any atom is -0.378 e. The van der Waals surface area contributed by atoms with Crippen LogP contribution in [0.4, 0.5) is 5.69 Å². The summed E-state index contributed by atoms with van der Waals surface area (Å²) in [6.07, 6.45) is 3.49. The number of fused-ring (bicyclic) bond motifs is 1. The Kier molecular flexibility index (Phi) is 9.21. The second kappa shape index (κ2) is 12.1. The van der Waals surface area contributed by atoms with Crippen LogP contribution in [0, 0.1) is 0 Å². The number of hydrogen-bond acceptors (Lipinski definition) is 3. The third-order valence-electron chi connectivity index (χ3n) is 6.56. The molecule has 0 aliphatic rings. The van der Waals surface area contributed by atoms with E-state index in [-0.39, 0.29) is 24.4 Å². The van der Waals surface area contributed by atoms with Gasteiger partial charge >= 0.3 is 0 Å². The van der Waals surface area contributed by atoms with E-state index in [1.807, 2.05) is 56.1 Å². The Bertz CT molecular complexity index is 1120. The van der Waals surface area contributed by atoms with E-state index in [9.17, 15) is 9.59 Å². The normalized spacial score (nSPS) is 12.9. The lowest BCUT2D eigenvalue weighted by molar-refractivity contribution is -0.142. The largest absolute Gasteiger partial charge is 0.378 e. The number of hydrogen-bond donors (Lipinski definition) is 1. The zero-order valence-corrected chi connectivity index (χ0v) is 22.2. The zero-order chi connectivity index (χ0) is 25.5. The van der Waals surface area contributed by atoms with Crippen LogP contribution in [0.2, 0.25) is 0 Å². The number of para-hydroxylation sites is 1. The van der Waals surface area contributed by atoms with Gasteiger partial charge in [-0.05, 0) is 56.0 Å². The van der Waals surface area contributed by atoms with E-state index in [4.69, 9.17) is 11.6 Å². The van der Waals surface area contributed by atoms with Crippen molar-refractivity contribution in [2.24, 2.45) is 0 Å². The van der Waals surface area contributed by atoms with E-state index >= 15 is 0 Å².